The van der Waals surface area contributed by atoms with Crippen LogP contribution in [0.25, 0.3) is 0 Å². The van der Waals surface area contributed by atoms with Gasteiger partial charge in [-0.3, -0.25) is 0 Å². The lowest BCUT2D eigenvalue weighted by molar-refractivity contribution is 0.605. The number of rotatable bonds is 6. The summed E-state index contributed by atoms with van der Waals surface area (Å²) >= 11 is 0. The largest absolute Gasteiger partial charge is 0.453 e. The van der Waals surface area contributed by atoms with Gasteiger partial charge in [-0.1, -0.05) is 6.07 Å². The molecule has 0 saturated heterocycles. The van der Waals surface area contributed by atoms with Crippen molar-refractivity contribution in [1.82, 2.24) is 0 Å². The third-order valence-corrected chi connectivity index (χ3v) is 12.6. The molecule has 7 heteroatoms. The first-order valence-electron chi connectivity index (χ1n) is 6.53. The Morgan fingerprint density at radius 2 is 1.45 bits per heavy atom. The molecule has 1 aromatic rings. The summed E-state index contributed by atoms with van der Waals surface area (Å²) in [5.74, 6) is 0. The third kappa shape index (κ3) is 4.00. The van der Waals surface area contributed by atoms with Crippen molar-refractivity contribution in [2.24, 2.45) is 0 Å². The Balaban J connectivity index is 3.42. The predicted octanol–water partition coefficient (Wildman–Crippen LogP) is 1.75. The van der Waals surface area contributed by atoms with E-state index in [-0.39, 0.29) is 0 Å². The average Bonchev–Trinajstić information content (AvgIpc) is 2.38. The molecular weight excluding hydrogens is 314 g/mol. The Bertz CT molecular complexity index is 512. The molecule has 0 unspecified atom stereocenters. The fraction of sp³-hybridized carbons (Fsp3) is 0.462. The first kappa shape index (κ1) is 17.5. The van der Waals surface area contributed by atoms with Gasteiger partial charge in [0.15, 0.2) is 0 Å². The van der Waals surface area contributed by atoms with Crippen molar-refractivity contribution in [2.45, 2.75) is 39.3 Å². The maximum atomic E-state index is 9.16. The zero-order chi connectivity index (χ0) is 15.4. The summed E-state index contributed by atoms with van der Waals surface area (Å²) in [5.41, 5.74) is 0.705. The highest BCUT2D eigenvalue weighted by molar-refractivity contribution is 6.96. The van der Waals surface area contributed by atoms with Gasteiger partial charge in [0.1, 0.15) is 0 Å². The maximum Gasteiger partial charge on any atom is 0.211 e. The van der Waals surface area contributed by atoms with E-state index in [1.165, 1.54) is 10.4 Å². The van der Waals surface area contributed by atoms with Gasteiger partial charge in [0, 0.05) is 0 Å². The molecule has 0 amide bonds. The van der Waals surface area contributed by atoms with E-state index in [1.807, 2.05) is 12.1 Å². The van der Waals surface area contributed by atoms with Crippen LogP contribution in [-0.2, 0) is 8.23 Å². The molecule has 0 aliphatic carbocycles. The summed E-state index contributed by atoms with van der Waals surface area (Å²) < 4.78 is 12.1. The lowest BCUT2D eigenvalue weighted by Crippen LogP contribution is -2.61. The number of hydrogen-bond acceptors (Lipinski definition) is 3. The molecule has 0 heterocycles. The summed E-state index contributed by atoms with van der Waals surface area (Å²) in [6.07, 6.45) is 0. The van der Waals surface area contributed by atoms with E-state index in [9.17, 15) is 0 Å². The van der Waals surface area contributed by atoms with Crippen LogP contribution in [0.5, 0.6) is 0 Å². The fourth-order valence-electron chi connectivity index (χ4n) is 2.26. The Morgan fingerprint density at radius 1 is 0.950 bits per heavy atom. The summed E-state index contributed by atoms with van der Waals surface area (Å²) in [5, 5.41) is 11.7. The normalized spacial score (nSPS) is 12.2. The van der Waals surface area contributed by atoms with Gasteiger partial charge in [0.05, 0.1) is 11.6 Å². The molecule has 0 aliphatic rings. The molecular formula is C13H21NO2Si4. The molecule has 1 aromatic carbocycles. The number of nitriles is 1. The Kier molecular flexibility index (Phi) is 6.12. The molecule has 1 rings (SSSR count). The van der Waals surface area contributed by atoms with Crippen molar-refractivity contribution in [1.29, 1.82) is 5.26 Å². The summed E-state index contributed by atoms with van der Waals surface area (Å²) in [6, 6.07) is 8.23. The van der Waals surface area contributed by atoms with Gasteiger partial charge in [-0.05, 0) is 61.8 Å². The quantitative estimate of drug-likeness (QED) is 0.744. The third-order valence-electron chi connectivity index (χ3n) is 3.16. The lowest BCUT2D eigenvalue weighted by Gasteiger charge is -2.32. The van der Waals surface area contributed by atoms with Gasteiger partial charge >= 0.3 is 0 Å². The van der Waals surface area contributed by atoms with E-state index in [0.717, 1.165) is 0 Å². The van der Waals surface area contributed by atoms with Crippen molar-refractivity contribution >= 4 is 46.5 Å². The molecule has 0 spiro atoms. The first-order chi connectivity index (χ1) is 9.28. The Labute approximate surface area is 129 Å². The standard InChI is InChI=1S/C13H21NO2Si4/c1-17-15-19(3,4)12-8-7-11(10-14)9-13(12)20(5,6)16-18-2/h7-9H,1-6H3. The minimum atomic E-state index is -1.99. The van der Waals surface area contributed by atoms with Crippen LogP contribution in [0, 0.1) is 11.3 Å². The highest BCUT2D eigenvalue weighted by Gasteiger charge is 2.35. The van der Waals surface area contributed by atoms with Gasteiger partial charge in [0.25, 0.3) is 0 Å². The smallest absolute Gasteiger partial charge is 0.211 e. The number of hydrogen-bond donors (Lipinski definition) is 0. The molecule has 3 nitrogen and oxygen atoms in total. The second-order valence-corrected chi connectivity index (χ2v) is 15.1. The minimum absolute atomic E-state index is 0.468. The molecule has 4 radical (unpaired) electrons. The number of benzene rings is 1. The van der Waals surface area contributed by atoms with E-state index >= 15 is 0 Å². The maximum absolute atomic E-state index is 9.16. The van der Waals surface area contributed by atoms with Crippen LogP contribution in [0.4, 0.5) is 0 Å². The molecule has 0 saturated carbocycles. The molecule has 106 valence electrons. The summed E-state index contributed by atoms with van der Waals surface area (Å²) in [6.45, 7) is 12.9. The van der Waals surface area contributed by atoms with E-state index in [4.69, 9.17) is 13.5 Å². The second-order valence-electron chi connectivity index (χ2n) is 5.51. The topological polar surface area (TPSA) is 42.2 Å². The SMILES string of the molecule is C[Si]O[Si](C)(C)c1ccc(C#N)cc1[Si](C)(C)O[Si]C. The van der Waals surface area contributed by atoms with Crippen LogP contribution < -0.4 is 10.4 Å². The van der Waals surface area contributed by atoms with Crippen molar-refractivity contribution in [3.05, 3.63) is 23.8 Å². The van der Waals surface area contributed by atoms with Gasteiger partial charge in [-0.25, -0.2) is 0 Å². The Hall–Kier alpha value is -0.502. The van der Waals surface area contributed by atoms with Crippen molar-refractivity contribution < 1.29 is 8.23 Å². The molecule has 0 N–H and O–H groups in total. The van der Waals surface area contributed by atoms with Gasteiger partial charge in [-0.15, -0.1) is 0 Å². The van der Waals surface area contributed by atoms with E-state index < -0.39 is 16.6 Å². The van der Waals surface area contributed by atoms with Crippen molar-refractivity contribution in [3.63, 3.8) is 0 Å². The zero-order valence-electron chi connectivity index (χ0n) is 13.0. The number of nitrogens with zero attached hydrogens (tertiary/aromatic N) is 1. The van der Waals surface area contributed by atoms with Gasteiger partial charge in [0.2, 0.25) is 36.2 Å². The monoisotopic (exact) mass is 335 g/mol. The molecule has 0 fully saturated rings. The van der Waals surface area contributed by atoms with Crippen LogP contribution in [0.2, 0.25) is 39.3 Å². The molecule has 20 heavy (non-hydrogen) atoms. The highest BCUT2D eigenvalue weighted by Crippen LogP contribution is 2.11. The van der Waals surface area contributed by atoms with Gasteiger partial charge < -0.3 is 8.23 Å². The highest BCUT2D eigenvalue weighted by atomic mass is 28.4. The zero-order valence-corrected chi connectivity index (χ0v) is 17.0. The molecule has 0 aromatic heterocycles. The molecule has 0 aliphatic heterocycles. The van der Waals surface area contributed by atoms with Crippen molar-refractivity contribution in [2.75, 3.05) is 0 Å². The predicted molar refractivity (Wildman–Crippen MR) is 90.8 cm³/mol. The van der Waals surface area contributed by atoms with Crippen LogP contribution in [-0.4, -0.2) is 36.2 Å². The fourth-order valence-corrected chi connectivity index (χ4v) is 11.5. The minimum Gasteiger partial charge on any atom is -0.453 e. The average molecular weight is 336 g/mol. The van der Waals surface area contributed by atoms with Crippen molar-refractivity contribution in [3.8, 4) is 6.07 Å². The van der Waals surface area contributed by atoms with Crippen LogP contribution in [0.15, 0.2) is 18.2 Å². The first-order valence-corrected chi connectivity index (χ1v) is 15.2. The molecule has 0 bridgehead atoms. The van der Waals surface area contributed by atoms with Crippen LogP contribution in [0.1, 0.15) is 5.56 Å². The molecule has 0 atom stereocenters. The van der Waals surface area contributed by atoms with Crippen LogP contribution in [0.3, 0.4) is 0 Å². The van der Waals surface area contributed by atoms with Gasteiger partial charge in [-0.2, -0.15) is 5.26 Å². The van der Waals surface area contributed by atoms with E-state index in [0.29, 0.717) is 25.1 Å². The van der Waals surface area contributed by atoms with Crippen LogP contribution >= 0.6 is 0 Å². The summed E-state index contributed by atoms with van der Waals surface area (Å²) in [4.78, 5) is 0. The second kappa shape index (κ2) is 6.97. The Morgan fingerprint density at radius 3 is 1.90 bits per heavy atom. The van der Waals surface area contributed by atoms with E-state index in [2.05, 4.69) is 51.4 Å². The van der Waals surface area contributed by atoms with E-state index in [1.54, 1.807) is 0 Å². The lowest BCUT2D eigenvalue weighted by atomic mass is 10.2. The summed E-state index contributed by atoms with van der Waals surface area (Å²) in [7, 11) is -2.98.